The molecule has 0 unspecified atom stereocenters. The van der Waals surface area contributed by atoms with Gasteiger partial charge in [0.1, 0.15) is 0 Å². The van der Waals surface area contributed by atoms with Gasteiger partial charge >= 0.3 is 0 Å². The van der Waals surface area contributed by atoms with E-state index in [2.05, 4.69) is 200 Å². The summed E-state index contributed by atoms with van der Waals surface area (Å²) in [7, 11) is 0. The van der Waals surface area contributed by atoms with E-state index in [1.165, 1.54) is 66.0 Å². The Bertz CT molecular complexity index is 3100. The molecular weight excluding hydrogens is 679 g/mol. The van der Waals surface area contributed by atoms with Crippen molar-refractivity contribution in [3.8, 4) is 61.8 Å². The van der Waals surface area contributed by atoms with Crippen LogP contribution in [0.4, 0.5) is 0 Å². The minimum atomic E-state index is -0.109. The van der Waals surface area contributed by atoms with Crippen molar-refractivity contribution in [2.45, 2.75) is 19.3 Å². The van der Waals surface area contributed by atoms with Crippen LogP contribution in [0.5, 0.6) is 0 Å². The van der Waals surface area contributed by atoms with E-state index >= 15 is 0 Å². The molecule has 0 aliphatic heterocycles. The quantitative estimate of drug-likeness (QED) is 0.178. The molecule has 3 heteroatoms. The van der Waals surface area contributed by atoms with E-state index in [9.17, 15) is 0 Å². The number of hydrogen-bond acceptors (Lipinski definition) is 2. The summed E-state index contributed by atoms with van der Waals surface area (Å²) in [5.74, 6) is 0.699. The summed E-state index contributed by atoms with van der Waals surface area (Å²) < 4.78 is 2.36. The molecule has 0 amide bonds. The zero-order valence-electron chi connectivity index (χ0n) is 31.2. The lowest BCUT2D eigenvalue weighted by Gasteiger charge is -2.24. The van der Waals surface area contributed by atoms with Gasteiger partial charge in [0.25, 0.3) is 0 Å². The first kappa shape index (κ1) is 32.3. The largest absolute Gasteiger partial charge is 0.309 e. The Morgan fingerprint density at radius 2 is 1.02 bits per heavy atom. The number of nitrogens with zero attached hydrogens (tertiary/aromatic N) is 3. The summed E-state index contributed by atoms with van der Waals surface area (Å²) in [5.41, 5.74) is 16.1. The summed E-state index contributed by atoms with van der Waals surface area (Å²) in [6.07, 6.45) is 0. The van der Waals surface area contributed by atoms with Gasteiger partial charge in [-0.15, -0.1) is 0 Å². The van der Waals surface area contributed by atoms with E-state index < -0.39 is 0 Å². The zero-order valence-corrected chi connectivity index (χ0v) is 31.2. The average Bonchev–Trinajstić information content (AvgIpc) is 3.72. The van der Waals surface area contributed by atoms with Crippen molar-refractivity contribution in [1.82, 2.24) is 14.5 Å². The van der Waals surface area contributed by atoms with Crippen molar-refractivity contribution >= 4 is 32.6 Å². The highest BCUT2D eigenvalue weighted by atomic mass is 15.0. The van der Waals surface area contributed by atoms with Crippen molar-refractivity contribution in [3.05, 3.63) is 199 Å². The van der Waals surface area contributed by atoms with E-state index in [-0.39, 0.29) is 5.41 Å². The first-order valence-corrected chi connectivity index (χ1v) is 19.3. The number of aromatic nitrogens is 3. The molecule has 1 aliphatic carbocycles. The van der Waals surface area contributed by atoms with Crippen LogP contribution in [0.25, 0.3) is 94.4 Å². The molecule has 0 bridgehead atoms. The summed E-state index contributed by atoms with van der Waals surface area (Å²) in [6, 6.07) is 67.5. The molecule has 0 N–H and O–H groups in total. The van der Waals surface area contributed by atoms with Crippen molar-refractivity contribution in [1.29, 1.82) is 0 Å². The van der Waals surface area contributed by atoms with Crippen LogP contribution in [-0.4, -0.2) is 14.5 Å². The summed E-state index contributed by atoms with van der Waals surface area (Å²) in [4.78, 5) is 10.5. The first-order valence-electron chi connectivity index (χ1n) is 19.3. The molecule has 0 atom stereocenters. The van der Waals surface area contributed by atoms with Gasteiger partial charge in [0.05, 0.1) is 22.4 Å². The lowest BCUT2D eigenvalue weighted by atomic mass is 9.79. The van der Waals surface area contributed by atoms with Crippen LogP contribution in [-0.2, 0) is 5.41 Å². The van der Waals surface area contributed by atoms with Gasteiger partial charge in [0, 0.05) is 38.6 Å². The van der Waals surface area contributed by atoms with Crippen LogP contribution >= 0.6 is 0 Å². The molecule has 10 aromatic rings. The lowest BCUT2D eigenvalue weighted by molar-refractivity contribution is 0.666. The summed E-state index contributed by atoms with van der Waals surface area (Å²) >= 11 is 0. The van der Waals surface area contributed by atoms with Crippen LogP contribution in [0.1, 0.15) is 25.0 Å². The number of para-hydroxylation sites is 2. The van der Waals surface area contributed by atoms with Gasteiger partial charge in [-0.1, -0.05) is 166 Å². The SMILES string of the molecule is CC1(C)c2ccccc2-c2c(-c3ccc(-c4nc(-c5ccccc5)cc(-c5cccc(-n6c7ccccc7c7ccccc76)c5)n4)cc3)cc3ccccc3c21. The Balaban J connectivity index is 1.05. The van der Waals surface area contributed by atoms with Crippen molar-refractivity contribution in [2.24, 2.45) is 0 Å². The van der Waals surface area contributed by atoms with E-state index in [1.807, 2.05) is 6.07 Å². The third kappa shape index (κ3) is 4.98. The normalized spacial score (nSPS) is 13.0. The highest BCUT2D eigenvalue weighted by Gasteiger charge is 2.38. The molecule has 0 spiro atoms. The Labute approximate surface area is 326 Å². The molecule has 8 aromatic carbocycles. The van der Waals surface area contributed by atoms with Gasteiger partial charge in [-0.3, -0.25) is 0 Å². The maximum atomic E-state index is 5.28. The van der Waals surface area contributed by atoms with Gasteiger partial charge in [0.15, 0.2) is 5.82 Å². The van der Waals surface area contributed by atoms with Crippen molar-refractivity contribution in [3.63, 3.8) is 0 Å². The summed E-state index contributed by atoms with van der Waals surface area (Å²) in [5, 5.41) is 5.08. The molecule has 1 aliphatic rings. The van der Waals surface area contributed by atoms with Crippen LogP contribution in [0.3, 0.4) is 0 Å². The minimum absolute atomic E-state index is 0.109. The third-order valence-corrected chi connectivity index (χ3v) is 11.8. The van der Waals surface area contributed by atoms with Crippen LogP contribution in [0.15, 0.2) is 188 Å². The second-order valence-corrected chi connectivity index (χ2v) is 15.4. The molecule has 2 heterocycles. The number of rotatable bonds is 5. The fourth-order valence-corrected chi connectivity index (χ4v) is 9.17. The highest BCUT2D eigenvalue weighted by molar-refractivity contribution is 6.09. The Hall–Kier alpha value is -7.10. The van der Waals surface area contributed by atoms with Crippen LogP contribution in [0.2, 0.25) is 0 Å². The van der Waals surface area contributed by atoms with Gasteiger partial charge in [0.2, 0.25) is 0 Å². The fourth-order valence-electron chi connectivity index (χ4n) is 9.17. The smallest absolute Gasteiger partial charge is 0.160 e. The van der Waals surface area contributed by atoms with Crippen molar-refractivity contribution in [2.75, 3.05) is 0 Å². The maximum absolute atomic E-state index is 5.28. The molecular formula is C53H37N3. The van der Waals surface area contributed by atoms with E-state index in [4.69, 9.17) is 9.97 Å². The molecule has 0 fully saturated rings. The van der Waals surface area contributed by atoms with Crippen LogP contribution in [0, 0.1) is 0 Å². The highest BCUT2D eigenvalue weighted by Crippen LogP contribution is 2.54. The lowest BCUT2D eigenvalue weighted by Crippen LogP contribution is -2.15. The van der Waals surface area contributed by atoms with Crippen LogP contribution < -0.4 is 0 Å². The summed E-state index contributed by atoms with van der Waals surface area (Å²) in [6.45, 7) is 4.73. The molecule has 0 saturated carbocycles. The Morgan fingerprint density at radius 1 is 0.429 bits per heavy atom. The second-order valence-electron chi connectivity index (χ2n) is 15.4. The van der Waals surface area contributed by atoms with Gasteiger partial charge in [-0.05, 0) is 80.6 Å². The molecule has 11 rings (SSSR count). The predicted octanol–water partition coefficient (Wildman–Crippen LogP) is 13.7. The third-order valence-electron chi connectivity index (χ3n) is 11.8. The van der Waals surface area contributed by atoms with E-state index in [0.717, 1.165) is 33.8 Å². The topological polar surface area (TPSA) is 30.7 Å². The van der Waals surface area contributed by atoms with E-state index in [1.54, 1.807) is 0 Å². The molecule has 0 radical (unpaired) electrons. The fraction of sp³-hybridized carbons (Fsp3) is 0.0566. The van der Waals surface area contributed by atoms with Gasteiger partial charge < -0.3 is 4.57 Å². The average molecular weight is 716 g/mol. The van der Waals surface area contributed by atoms with Gasteiger partial charge in [-0.25, -0.2) is 9.97 Å². The first-order chi connectivity index (χ1) is 27.5. The van der Waals surface area contributed by atoms with E-state index in [0.29, 0.717) is 5.82 Å². The second kappa shape index (κ2) is 12.5. The van der Waals surface area contributed by atoms with Crippen molar-refractivity contribution < 1.29 is 0 Å². The molecule has 56 heavy (non-hydrogen) atoms. The molecule has 0 saturated heterocycles. The predicted molar refractivity (Wildman–Crippen MR) is 233 cm³/mol. The monoisotopic (exact) mass is 715 g/mol. The number of hydrogen-bond donors (Lipinski definition) is 0. The number of benzene rings is 8. The minimum Gasteiger partial charge on any atom is -0.309 e. The number of fused-ring (bicyclic) bond motifs is 8. The van der Waals surface area contributed by atoms with Gasteiger partial charge in [-0.2, -0.15) is 0 Å². The zero-order chi connectivity index (χ0) is 37.4. The molecule has 2 aromatic heterocycles. The Kier molecular flexibility index (Phi) is 7.20. The molecule has 3 nitrogen and oxygen atoms in total. The maximum Gasteiger partial charge on any atom is 0.160 e. The standard InChI is InChI=1S/C53H37N3/c1-53(2)45-24-11-8-23-43(45)50-44(32-37-17-6-7-20-40(37)51(50)53)34-27-29-36(30-28-34)52-54-46(35-15-4-3-5-16-35)33-47(55-52)38-18-14-19-39(31-38)56-48-25-12-9-21-41(48)42-22-10-13-26-49(42)56/h3-33H,1-2H3. The molecule has 264 valence electrons. The Morgan fingerprint density at radius 3 is 1.77 bits per heavy atom.